The molecule has 4 aromatic rings. The topological polar surface area (TPSA) is 38.8 Å². The second-order valence-corrected chi connectivity index (χ2v) is 10.6. The van der Waals surface area contributed by atoms with Gasteiger partial charge < -0.3 is 9.47 Å². The van der Waals surface area contributed by atoms with Crippen molar-refractivity contribution in [2.45, 2.75) is 32.1 Å². The summed E-state index contributed by atoms with van der Waals surface area (Å²) in [5.74, 6) is 1.16. The van der Waals surface area contributed by atoms with Gasteiger partial charge in [-0.1, -0.05) is 73.2 Å². The van der Waals surface area contributed by atoms with Gasteiger partial charge in [0.05, 0.1) is 5.56 Å². The molecule has 4 aromatic carbocycles. The molecule has 0 spiro atoms. The summed E-state index contributed by atoms with van der Waals surface area (Å²) in [7, 11) is 0. The molecule has 0 amide bonds. The number of fused-ring (bicyclic) bond motifs is 1. The summed E-state index contributed by atoms with van der Waals surface area (Å²) in [4.78, 5) is 15.1. The molecule has 0 radical (unpaired) electrons. The first kappa shape index (κ1) is 26.1. The van der Waals surface area contributed by atoms with Gasteiger partial charge in [0.2, 0.25) is 0 Å². The Hall–Kier alpha value is -4.15. The maximum Gasteiger partial charge on any atom is 0.343 e. The number of likely N-dealkylation sites (tertiary alicyclic amines) is 1. The Bertz CT molecular complexity index is 1470. The number of nitrogens with zero attached hydrogens (tertiary/aromatic N) is 1. The highest BCUT2D eigenvalue weighted by atomic mass is 16.5. The number of benzene rings is 4. The van der Waals surface area contributed by atoms with Crippen LogP contribution in [0.5, 0.6) is 11.5 Å². The average molecular weight is 530 g/mol. The lowest BCUT2D eigenvalue weighted by molar-refractivity contribution is 0.0734. The highest BCUT2D eigenvalue weighted by Crippen LogP contribution is 2.41. The molecule has 1 aliphatic heterocycles. The molecule has 6 rings (SSSR count). The summed E-state index contributed by atoms with van der Waals surface area (Å²) in [6.45, 7) is 4.11. The summed E-state index contributed by atoms with van der Waals surface area (Å²) >= 11 is 0. The van der Waals surface area contributed by atoms with Crippen LogP contribution in [0.3, 0.4) is 0 Å². The molecule has 1 saturated heterocycles. The van der Waals surface area contributed by atoms with Crippen molar-refractivity contribution in [2.24, 2.45) is 0 Å². The Kier molecular flexibility index (Phi) is 8.06. The molecule has 1 heterocycles. The molecule has 4 nitrogen and oxygen atoms in total. The summed E-state index contributed by atoms with van der Waals surface area (Å²) in [5.41, 5.74) is 8.08. The van der Waals surface area contributed by atoms with Crippen LogP contribution in [-0.4, -0.2) is 37.1 Å². The van der Waals surface area contributed by atoms with E-state index in [0.29, 0.717) is 11.3 Å². The number of piperidine rings is 1. The second-order valence-electron chi connectivity index (χ2n) is 10.6. The first-order valence-corrected chi connectivity index (χ1v) is 14.3. The van der Waals surface area contributed by atoms with Gasteiger partial charge in [-0.05, 0) is 109 Å². The molecule has 1 fully saturated rings. The van der Waals surface area contributed by atoms with E-state index in [1.165, 1.54) is 65.8 Å². The molecule has 0 saturated carbocycles. The van der Waals surface area contributed by atoms with Crippen LogP contribution < -0.4 is 9.47 Å². The predicted molar refractivity (Wildman–Crippen MR) is 161 cm³/mol. The Morgan fingerprint density at radius 3 is 2.20 bits per heavy atom. The Labute approximate surface area is 236 Å². The van der Waals surface area contributed by atoms with Gasteiger partial charge in [0.25, 0.3) is 0 Å². The monoisotopic (exact) mass is 529 g/mol. The van der Waals surface area contributed by atoms with Crippen molar-refractivity contribution < 1.29 is 14.3 Å². The van der Waals surface area contributed by atoms with E-state index in [1.807, 2.05) is 30.3 Å². The van der Waals surface area contributed by atoms with Crippen LogP contribution in [-0.2, 0) is 12.8 Å². The molecule has 0 aromatic heterocycles. The minimum Gasteiger partial charge on any atom is -0.492 e. The average Bonchev–Trinajstić information content (AvgIpc) is 3.36. The molecular formula is C36H35NO3. The van der Waals surface area contributed by atoms with Crippen LogP contribution in [0.2, 0.25) is 0 Å². The van der Waals surface area contributed by atoms with Crippen molar-refractivity contribution in [1.82, 2.24) is 4.90 Å². The van der Waals surface area contributed by atoms with Crippen LogP contribution in [0, 0.1) is 0 Å². The fourth-order valence-corrected chi connectivity index (χ4v) is 5.77. The van der Waals surface area contributed by atoms with Gasteiger partial charge in [0.1, 0.15) is 18.1 Å². The van der Waals surface area contributed by atoms with Crippen molar-refractivity contribution in [3.63, 3.8) is 0 Å². The van der Waals surface area contributed by atoms with Crippen LogP contribution in [0.15, 0.2) is 103 Å². The zero-order chi connectivity index (χ0) is 27.1. The van der Waals surface area contributed by atoms with Gasteiger partial charge in [0.15, 0.2) is 0 Å². The summed E-state index contributed by atoms with van der Waals surface area (Å²) < 4.78 is 11.8. The minimum absolute atomic E-state index is 0.340. The number of ether oxygens (including phenoxy) is 2. The molecule has 202 valence electrons. The number of carbonyl (C=O) groups is 1. The van der Waals surface area contributed by atoms with E-state index in [0.717, 1.165) is 31.7 Å². The predicted octanol–water partition coefficient (Wildman–Crippen LogP) is 7.48. The normalized spacial score (nSPS) is 15.1. The van der Waals surface area contributed by atoms with E-state index in [1.54, 1.807) is 12.1 Å². The summed E-state index contributed by atoms with van der Waals surface area (Å²) in [6.07, 6.45) is 5.60. The van der Waals surface area contributed by atoms with Crippen molar-refractivity contribution in [1.29, 1.82) is 0 Å². The molecule has 1 aliphatic carbocycles. The lowest BCUT2D eigenvalue weighted by Gasteiger charge is -2.26. The van der Waals surface area contributed by atoms with Crippen LogP contribution in [0.4, 0.5) is 0 Å². The molecule has 2 aliphatic rings. The summed E-state index contributed by atoms with van der Waals surface area (Å²) in [5, 5.41) is 0. The fourth-order valence-electron chi connectivity index (χ4n) is 5.77. The van der Waals surface area contributed by atoms with Gasteiger partial charge in [-0.2, -0.15) is 0 Å². The summed E-state index contributed by atoms with van der Waals surface area (Å²) in [6, 6.07) is 34.3. The lowest BCUT2D eigenvalue weighted by Crippen LogP contribution is -2.33. The van der Waals surface area contributed by atoms with Crippen molar-refractivity contribution in [3.05, 3.63) is 131 Å². The van der Waals surface area contributed by atoms with Gasteiger partial charge in [0, 0.05) is 6.54 Å². The third-order valence-electron chi connectivity index (χ3n) is 7.90. The van der Waals surface area contributed by atoms with E-state index < -0.39 is 0 Å². The number of carbonyl (C=O) groups excluding carboxylic acids is 1. The quantitative estimate of drug-likeness (QED) is 0.166. The van der Waals surface area contributed by atoms with E-state index in [9.17, 15) is 4.79 Å². The number of allylic oxidation sites excluding steroid dienone is 2. The minimum atomic E-state index is -0.340. The van der Waals surface area contributed by atoms with Gasteiger partial charge >= 0.3 is 5.97 Å². The van der Waals surface area contributed by atoms with E-state index in [2.05, 4.69) is 65.6 Å². The second kappa shape index (κ2) is 12.4. The molecule has 0 bridgehead atoms. The maximum atomic E-state index is 12.6. The van der Waals surface area contributed by atoms with Crippen molar-refractivity contribution in [3.8, 4) is 11.5 Å². The molecule has 40 heavy (non-hydrogen) atoms. The molecule has 4 heteroatoms. The largest absolute Gasteiger partial charge is 0.492 e. The lowest BCUT2D eigenvalue weighted by atomic mass is 9.95. The van der Waals surface area contributed by atoms with Gasteiger partial charge in [-0.3, -0.25) is 4.90 Å². The first-order chi connectivity index (χ1) is 19.7. The van der Waals surface area contributed by atoms with Gasteiger partial charge in [-0.15, -0.1) is 0 Å². The molecular weight excluding hydrogens is 494 g/mol. The molecule has 0 unspecified atom stereocenters. The molecule has 0 atom stereocenters. The van der Waals surface area contributed by atoms with Crippen molar-refractivity contribution in [2.75, 3.05) is 26.2 Å². The van der Waals surface area contributed by atoms with E-state index in [4.69, 9.17) is 9.47 Å². The third-order valence-corrected chi connectivity index (χ3v) is 7.90. The zero-order valence-corrected chi connectivity index (χ0v) is 22.9. The Balaban J connectivity index is 1.18. The standard InChI is InChI=1S/C36H35NO3/c38-36(29-12-6-2-7-13-29)40-32-18-19-33-30(25-32)26-34(28-10-4-1-5-11-28)35(33)24-27-14-16-31(17-15-27)39-23-22-37-20-8-3-9-21-37/h1-2,4-7,10-19,25H,3,8-9,20-24,26H2. The van der Waals surface area contributed by atoms with Crippen LogP contribution >= 0.6 is 0 Å². The fraction of sp³-hybridized carbons (Fsp3) is 0.250. The maximum absolute atomic E-state index is 12.6. The van der Waals surface area contributed by atoms with Crippen molar-refractivity contribution >= 4 is 17.1 Å². The smallest absolute Gasteiger partial charge is 0.343 e. The van der Waals surface area contributed by atoms with E-state index in [-0.39, 0.29) is 5.97 Å². The first-order valence-electron chi connectivity index (χ1n) is 14.3. The third kappa shape index (κ3) is 6.19. The SMILES string of the molecule is O=C(Oc1ccc2c(c1)CC(c1ccccc1)=C2Cc1ccc(OCCN2CCCCC2)cc1)c1ccccc1. The Morgan fingerprint density at radius 2 is 1.45 bits per heavy atom. The Morgan fingerprint density at radius 1 is 0.750 bits per heavy atom. The van der Waals surface area contributed by atoms with Crippen LogP contribution in [0.25, 0.3) is 11.1 Å². The molecule has 0 N–H and O–H groups in total. The highest BCUT2D eigenvalue weighted by Gasteiger charge is 2.24. The van der Waals surface area contributed by atoms with Crippen LogP contribution in [0.1, 0.15) is 51.9 Å². The number of hydrogen-bond acceptors (Lipinski definition) is 4. The zero-order valence-electron chi connectivity index (χ0n) is 22.9. The van der Waals surface area contributed by atoms with E-state index >= 15 is 0 Å². The highest BCUT2D eigenvalue weighted by molar-refractivity contribution is 5.98. The number of esters is 1. The number of rotatable bonds is 9. The number of hydrogen-bond donors (Lipinski definition) is 0. The van der Waals surface area contributed by atoms with Gasteiger partial charge in [-0.25, -0.2) is 4.79 Å².